The second kappa shape index (κ2) is 9.30. The molecule has 0 bridgehead atoms. The molecule has 1 aliphatic heterocycles. The molecule has 7 nitrogen and oxygen atoms in total. The Labute approximate surface area is 165 Å². The van der Waals surface area contributed by atoms with Crippen LogP contribution in [0.3, 0.4) is 0 Å². The van der Waals surface area contributed by atoms with Gasteiger partial charge < -0.3 is 24.3 Å². The molecule has 0 fully saturated rings. The van der Waals surface area contributed by atoms with Crippen LogP contribution >= 0.6 is 0 Å². The first-order chi connectivity index (χ1) is 13.4. The van der Waals surface area contributed by atoms with Crippen LogP contribution in [0.2, 0.25) is 0 Å². The van der Waals surface area contributed by atoms with Gasteiger partial charge in [-0.2, -0.15) is 0 Å². The minimum Gasteiger partial charge on any atom is -0.490 e. The monoisotopic (exact) mass is 389 g/mol. The third-order valence-corrected chi connectivity index (χ3v) is 4.47. The third kappa shape index (κ3) is 4.13. The minimum absolute atomic E-state index is 0.347. The standard InChI is InChI=1S/C21H27NO6/c1-7-27-15-10-9-14(11-16(15)28-8-2)19-17(20(23)25-5)12(3)22-13(4)18(19)21(24)26-6/h9-11,19,22H,7-8H2,1-6H3. The molecule has 28 heavy (non-hydrogen) atoms. The van der Waals surface area contributed by atoms with Crippen LogP contribution in [0.15, 0.2) is 40.7 Å². The number of benzene rings is 1. The Hall–Kier alpha value is -2.96. The molecule has 0 aliphatic carbocycles. The molecule has 7 heteroatoms. The zero-order chi connectivity index (χ0) is 20.8. The van der Waals surface area contributed by atoms with Crippen LogP contribution in [0.4, 0.5) is 0 Å². The maximum Gasteiger partial charge on any atom is 0.336 e. The Morgan fingerprint density at radius 2 is 1.39 bits per heavy atom. The topological polar surface area (TPSA) is 83.1 Å². The molecule has 0 saturated heterocycles. The van der Waals surface area contributed by atoms with Gasteiger partial charge in [-0.05, 0) is 45.4 Å². The summed E-state index contributed by atoms with van der Waals surface area (Å²) in [6, 6.07) is 5.38. The van der Waals surface area contributed by atoms with Crippen molar-refractivity contribution in [2.75, 3.05) is 27.4 Å². The van der Waals surface area contributed by atoms with Gasteiger partial charge in [0.1, 0.15) is 0 Å². The molecule has 0 saturated carbocycles. The van der Waals surface area contributed by atoms with Crippen molar-refractivity contribution >= 4 is 11.9 Å². The molecule has 0 aromatic heterocycles. The normalized spacial score (nSPS) is 14.5. The number of hydrogen-bond acceptors (Lipinski definition) is 7. The fourth-order valence-corrected chi connectivity index (χ4v) is 3.34. The molecule has 1 aromatic carbocycles. The SMILES string of the molecule is CCOc1ccc(C2C(C(=O)OC)=C(C)NC(C)=C2C(=O)OC)cc1OCC. The fraction of sp³-hybridized carbons (Fsp3) is 0.429. The van der Waals surface area contributed by atoms with E-state index in [2.05, 4.69) is 5.32 Å². The second-order valence-electron chi connectivity index (χ2n) is 6.19. The van der Waals surface area contributed by atoms with Crippen molar-refractivity contribution in [3.05, 3.63) is 46.3 Å². The molecule has 1 aliphatic rings. The summed E-state index contributed by atoms with van der Waals surface area (Å²) in [6.45, 7) is 8.25. The van der Waals surface area contributed by atoms with Crippen molar-refractivity contribution in [1.29, 1.82) is 0 Å². The number of hydrogen-bond donors (Lipinski definition) is 1. The first-order valence-corrected chi connectivity index (χ1v) is 9.14. The lowest BCUT2D eigenvalue weighted by Crippen LogP contribution is -2.32. The molecule has 152 valence electrons. The summed E-state index contributed by atoms with van der Waals surface area (Å²) < 4.78 is 21.3. The van der Waals surface area contributed by atoms with Crippen LogP contribution in [0.1, 0.15) is 39.2 Å². The van der Waals surface area contributed by atoms with Crippen LogP contribution in [0.25, 0.3) is 0 Å². The smallest absolute Gasteiger partial charge is 0.336 e. The molecule has 0 unspecified atom stereocenters. The Morgan fingerprint density at radius 1 is 0.893 bits per heavy atom. The van der Waals surface area contributed by atoms with Crippen molar-refractivity contribution in [1.82, 2.24) is 5.32 Å². The first-order valence-electron chi connectivity index (χ1n) is 9.14. The zero-order valence-electron chi connectivity index (χ0n) is 17.2. The summed E-state index contributed by atoms with van der Waals surface area (Å²) in [5.41, 5.74) is 2.64. The number of ether oxygens (including phenoxy) is 4. The Balaban J connectivity index is 2.69. The van der Waals surface area contributed by atoms with Crippen LogP contribution in [0.5, 0.6) is 11.5 Å². The Kier molecular flexibility index (Phi) is 7.09. The highest BCUT2D eigenvalue weighted by molar-refractivity contribution is 5.99. The Bertz CT molecular complexity index is 786. The van der Waals surface area contributed by atoms with Gasteiger partial charge in [0.15, 0.2) is 11.5 Å². The second-order valence-corrected chi connectivity index (χ2v) is 6.19. The van der Waals surface area contributed by atoms with Crippen molar-refractivity contribution in [3.63, 3.8) is 0 Å². The lowest BCUT2D eigenvalue weighted by molar-refractivity contribution is -0.137. The highest BCUT2D eigenvalue weighted by atomic mass is 16.5. The number of carbonyl (C=O) groups is 2. The summed E-state index contributed by atoms with van der Waals surface area (Å²) in [5.74, 6) is -0.547. The lowest BCUT2D eigenvalue weighted by atomic mass is 9.80. The van der Waals surface area contributed by atoms with E-state index in [1.54, 1.807) is 26.0 Å². The molecular formula is C21H27NO6. The molecule has 0 atom stereocenters. The lowest BCUT2D eigenvalue weighted by Gasteiger charge is -2.30. The van der Waals surface area contributed by atoms with Crippen molar-refractivity contribution < 1.29 is 28.5 Å². The summed E-state index contributed by atoms with van der Waals surface area (Å²) in [5, 5.41) is 3.08. The minimum atomic E-state index is -0.656. The molecule has 1 aromatic rings. The molecule has 2 rings (SSSR count). The van der Waals surface area contributed by atoms with E-state index >= 15 is 0 Å². The molecule has 1 N–H and O–H groups in total. The quantitative estimate of drug-likeness (QED) is 0.718. The summed E-state index contributed by atoms with van der Waals surface area (Å²) in [7, 11) is 2.62. The van der Waals surface area contributed by atoms with Gasteiger partial charge in [-0.15, -0.1) is 0 Å². The highest BCUT2D eigenvalue weighted by Crippen LogP contribution is 2.41. The fourth-order valence-electron chi connectivity index (χ4n) is 3.34. The molecular weight excluding hydrogens is 362 g/mol. The van der Waals surface area contributed by atoms with Gasteiger partial charge in [0.2, 0.25) is 0 Å². The number of methoxy groups -OCH3 is 2. The number of dihydropyridines is 1. The number of esters is 2. The highest BCUT2D eigenvalue weighted by Gasteiger charge is 2.37. The van der Waals surface area contributed by atoms with E-state index in [1.807, 2.05) is 19.9 Å². The summed E-state index contributed by atoms with van der Waals surface area (Å²) >= 11 is 0. The van der Waals surface area contributed by atoms with E-state index in [9.17, 15) is 9.59 Å². The van der Waals surface area contributed by atoms with Gasteiger partial charge in [-0.25, -0.2) is 9.59 Å². The van der Waals surface area contributed by atoms with E-state index in [1.165, 1.54) is 14.2 Å². The van der Waals surface area contributed by atoms with Crippen LogP contribution in [-0.2, 0) is 19.1 Å². The van der Waals surface area contributed by atoms with Gasteiger partial charge >= 0.3 is 11.9 Å². The van der Waals surface area contributed by atoms with E-state index in [0.717, 1.165) is 0 Å². The predicted molar refractivity (Wildman–Crippen MR) is 104 cm³/mol. The molecule has 0 radical (unpaired) electrons. The van der Waals surface area contributed by atoms with Crippen LogP contribution in [-0.4, -0.2) is 39.4 Å². The van der Waals surface area contributed by atoms with E-state index in [-0.39, 0.29) is 0 Å². The predicted octanol–water partition coefficient (Wildman–Crippen LogP) is 3.06. The van der Waals surface area contributed by atoms with Crippen LogP contribution in [0, 0.1) is 0 Å². The van der Waals surface area contributed by atoms with Crippen molar-refractivity contribution in [2.24, 2.45) is 0 Å². The molecule has 1 heterocycles. The Morgan fingerprint density at radius 3 is 1.86 bits per heavy atom. The van der Waals surface area contributed by atoms with Crippen molar-refractivity contribution in [2.45, 2.75) is 33.6 Å². The maximum absolute atomic E-state index is 12.6. The van der Waals surface area contributed by atoms with Gasteiger partial charge in [0.25, 0.3) is 0 Å². The van der Waals surface area contributed by atoms with Crippen LogP contribution < -0.4 is 14.8 Å². The van der Waals surface area contributed by atoms with Gasteiger partial charge in [-0.3, -0.25) is 0 Å². The molecule has 0 spiro atoms. The number of carbonyl (C=O) groups excluding carboxylic acids is 2. The third-order valence-electron chi connectivity index (χ3n) is 4.47. The van der Waals surface area contributed by atoms with E-state index < -0.39 is 17.9 Å². The number of nitrogens with one attached hydrogen (secondary N) is 1. The summed E-state index contributed by atoms with van der Waals surface area (Å²) in [6.07, 6.45) is 0. The van der Waals surface area contributed by atoms with Crippen molar-refractivity contribution in [3.8, 4) is 11.5 Å². The maximum atomic E-state index is 12.6. The van der Waals surface area contributed by atoms with Gasteiger partial charge in [0, 0.05) is 11.4 Å². The molecule has 0 amide bonds. The summed E-state index contributed by atoms with van der Waals surface area (Å²) in [4.78, 5) is 25.1. The zero-order valence-corrected chi connectivity index (χ0v) is 17.2. The average molecular weight is 389 g/mol. The number of rotatable bonds is 7. The first kappa shape index (κ1) is 21.3. The van der Waals surface area contributed by atoms with Gasteiger partial charge in [0.05, 0.1) is 44.5 Å². The van der Waals surface area contributed by atoms with E-state index in [0.29, 0.717) is 52.8 Å². The average Bonchev–Trinajstić information content (AvgIpc) is 2.68. The largest absolute Gasteiger partial charge is 0.490 e. The van der Waals surface area contributed by atoms with E-state index in [4.69, 9.17) is 18.9 Å². The van der Waals surface area contributed by atoms with Gasteiger partial charge in [-0.1, -0.05) is 6.07 Å². The number of allylic oxidation sites excluding steroid dienone is 2.